The molecule has 0 atom stereocenters. The lowest BCUT2D eigenvalue weighted by Crippen LogP contribution is -2.42. The van der Waals surface area contributed by atoms with Gasteiger partial charge in [-0.3, -0.25) is 19.5 Å². The van der Waals surface area contributed by atoms with Gasteiger partial charge in [0.25, 0.3) is 11.8 Å². The molecular formula is C24H32N4O2. The SMILES string of the molecule is CC(C)N(CCNC(=O)c1cncc(-c2ccc(C(=O)NC3CC3)cc2)c1)C(C)C. The van der Waals surface area contributed by atoms with E-state index in [-0.39, 0.29) is 11.8 Å². The summed E-state index contributed by atoms with van der Waals surface area (Å²) < 4.78 is 0. The first kappa shape index (κ1) is 22.0. The molecule has 2 N–H and O–H groups in total. The Kier molecular flexibility index (Phi) is 7.21. The summed E-state index contributed by atoms with van der Waals surface area (Å²) in [5.74, 6) is -0.163. The van der Waals surface area contributed by atoms with Crippen molar-refractivity contribution in [1.82, 2.24) is 20.5 Å². The van der Waals surface area contributed by atoms with E-state index in [4.69, 9.17) is 0 Å². The Labute approximate surface area is 179 Å². The third-order valence-electron chi connectivity index (χ3n) is 5.38. The van der Waals surface area contributed by atoms with Crippen LogP contribution in [0.4, 0.5) is 0 Å². The number of carbonyl (C=O) groups excluding carboxylic acids is 2. The lowest BCUT2D eigenvalue weighted by Gasteiger charge is -2.30. The van der Waals surface area contributed by atoms with Gasteiger partial charge in [0.05, 0.1) is 5.56 Å². The lowest BCUT2D eigenvalue weighted by molar-refractivity contribution is 0.0935. The van der Waals surface area contributed by atoms with Gasteiger partial charge in [0.1, 0.15) is 0 Å². The first-order valence-electron chi connectivity index (χ1n) is 10.8. The van der Waals surface area contributed by atoms with E-state index >= 15 is 0 Å². The normalized spacial score (nSPS) is 13.7. The number of hydrogen-bond donors (Lipinski definition) is 2. The van der Waals surface area contributed by atoms with Crippen molar-refractivity contribution in [3.8, 4) is 11.1 Å². The number of benzene rings is 1. The summed E-state index contributed by atoms with van der Waals surface area (Å²) in [6.07, 6.45) is 5.45. The average Bonchev–Trinajstić information content (AvgIpc) is 3.54. The minimum absolute atomic E-state index is 0.0351. The molecule has 2 amide bonds. The number of rotatable bonds is 9. The van der Waals surface area contributed by atoms with Gasteiger partial charge in [-0.05, 0) is 64.3 Å². The van der Waals surface area contributed by atoms with E-state index < -0.39 is 0 Å². The van der Waals surface area contributed by atoms with E-state index in [2.05, 4.69) is 48.2 Å². The van der Waals surface area contributed by atoms with E-state index in [1.54, 1.807) is 12.4 Å². The maximum Gasteiger partial charge on any atom is 0.252 e. The molecule has 6 nitrogen and oxygen atoms in total. The van der Waals surface area contributed by atoms with Gasteiger partial charge in [-0.2, -0.15) is 0 Å². The van der Waals surface area contributed by atoms with Gasteiger partial charge in [-0.25, -0.2) is 0 Å². The van der Waals surface area contributed by atoms with Crippen LogP contribution in [0.5, 0.6) is 0 Å². The number of aromatic nitrogens is 1. The summed E-state index contributed by atoms with van der Waals surface area (Å²) in [5.41, 5.74) is 2.95. The number of hydrogen-bond acceptors (Lipinski definition) is 4. The van der Waals surface area contributed by atoms with Crippen molar-refractivity contribution in [3.05, 3.63) is 53.9 Å². The zero-order valence-corrected chi connectivity index (χ0v) is 18.3. The molecular weight excluding hydrogens is 376 g/mol. The van der Waals surface area contributed by atoms with Crippen LogP contribution in [0, 0.1) is 0 Å². The highest BCUT2D eigenvalue weighted by molar-refractivity contribution is 5.96. The first-order chi connectivity index (χ1) is 14.3. The van der Waals surface area contributed by atoms with Crippen molar-refractivity contribution < 1.29 is 9.59 Å². The Morgan fingerprint density at radius 1 is 0.967 bits per heavy atom. The molecule has 1 aromatic heterocycles. The molecule has 6 heteroatoms. The quantitative estimate of drug-likeness (QED) is 0.666. The second-order valence-corrected chi connectivity index (χ2v) is 8.47. The van der Waals surface area contributed by atoms with Crippen molar-refractivity contribution in [3.63, 3.8) is 0 Å². The van der Waals surface area contributed by atoms with Crippen LogP contribution in [-0.2, 0) is 0 Å². The number of nitrogens with one attached hydrogen (secondary N) is 2. The van der Waals surface area contributed by atoms with Crippen molar-refractivity contribution in [2.75, 3.05) is 13.1 Å². The highest BCUT2D eigenvalue weighted by atomic mass is 16.2. The minimum atomic E-state index is -0.128. The minimum Gasteiger partial charge on any atom is -0.351 e. The molecule has 160 valence electrons. The van der Waals surface area contributed by atoms with Crippen LogP contribution in [0.3, 0.4) is 0 Å². The van der Waals surface area contributed by atoms with E-state index in [0.29, 0.717) is 35.8 Å². The van der Waals surface area contributed by atoms with Gasteiger partial charge < -0.3 is 10.6 Å². The van der Waals surface area contributed by atoms with Gasteiger partial charge in [0, 0.05) is 54.7 Å². The standard InChI is InChI=1S/C24H32N4O2/c1-16(2)28(17(3)4)12-11-26-23(29)21-13-20(14-25-15-21)18-5-7-19(8-6-18)24(30)27-22-9-10-22/h5-8,13-17,22H,9-12H2,1-4H3,(H,26,29)(H,27,30). The fourth-order valence-electron chi connectivity index (χ4n) is 3.55. The third-order valence-corrected chi connectivity index (χ3v) is 5.38. The monoisotopic (exact) mass is 408 g/mol. The second-order valence-electron chi connectivity index (χ2n) is 8.47. The number of carbonyl (C=O) groups is 2. The summed E-state index contributed by atoms with van der Waals surface area (Å²) in [4.78, 5) is 31.3. The molecule has 1 aliphatic carbocycles. The maximum absolute atomic E-state index is 12.6. The Bertz CT molecular complexity index is 865. The van der Waals surface area contributed by atoms with Crippen molar-refractivity contribution in [2.45, 2.75) is 58.7 Å². The molecule has 1 heterocycles. The lowest BCUT2D eigenvalue weighted by atomic mass is 10.0. The average molecular weight is 409 g/mol. The highest BCUT2D eigenvalue weighted by Gasteiger charge is 2.23. The van der Waals surface area contributed by atoms with Gasteiger partial charge in [-0.1, -0.05) is 12.1 Å². The number of amides is 2. The molecule has 0 spiro atoms. The Morgan fingerprint density at radius 3 is 2.23 bits per heavy atom. The third kappa shape index (κ3) is 5.89. The predicted octanol–water partition coefficient (Wildman–Crippen LogP) is 3.49. The Hall–Kier alpha value is -2.73. The summed E-state index contributed by atoms with van der Waals surface area (Å²) in [6, 6.07) is 10.4. The summed E-state index contributed by atoms with van der Waals surface area (Å²) in [5, 5.41) is 5.98. The van der Waals surface area contributed by atoms with Crippen molar-refractivity contribution >= 4 is 11.8 Å². The van der Waals surface area contributed by atoms with E-state index in [1.165, 1.54) is 0 Å². The van der Waals surface area contributed by atoms with E-state index in [9.17, 15) is 9.59 Å². The molecule has 2 aromatic rings. The van der Waals surface area contributed by atoms with Crippen LogP contribution in [0.2, 0.25) is 0 Å². The first-order valence-corrected chi connectivity index (χ1v) is 10.8. The summed E-state index contributed by atoms with van der Waals surface area (Å²) in [7, 11) is 0. The van der Waals surface area contributed by atoms with E-state index in [0.717, 1.165) is 30.5 Å². The maximum atomic E-state index is 12.6. The summed E-state index contributed by atoms with van der Waals surface area (Å²) in [6.45, 7) is 10.0. The molecule has 0 aliphatic heterocycles. The topological polar surface area (TPSA) is 74.3 Å². The van der Waals surface area contributed by atoms with Crippen LogP contribution in [0.1, 0.15) is 61.3 Å². The highest BCUT2D eigenvalue weighted by Crippen LogP contribution is 2.22. The summed E-state index contributed by atoms with van der Waals surface area (Å²) >= 11 is 0. The van der Waals surface area contributed by atoms with Gasteiger partial charge in [0.15, 0.2) is 0 Å². The molecule has 0 unspecified atom stereocenters. The molecule has 1 aromatic carbocycles. The van der Waals surface area contributed by atoms with Crippen LogP contribution in [0.25, 0.3) is 11.1 Å². The fourth-order valence-corrected chi connectivity index (χ4v) is 3.55. The zero-order chi connectivity index (χ0) is 21.7. The largest absolute Gasteiger partial charge is 0.351 e. The van der Waals surface area contributed by atoms with Crippen LogP contribution in [0.15, 0.2) is 42.7 Å². The van der Waals surface area contributed by atoms with Crippen LogP contribution in [-0.4, -0.2) is 52.9 Å². The number of nitrogens with zero attached hydrogens (tertiary/aromatic N) is 2. The molecule has 0 saturated heterocycles. The molecule has 3 rings (SSSR count). The van der Waals surface area contributed by atoms with E-state index in [1.807, 2.05) is 30.3 Å². The van der Waals surface area contributed by atoms with Crippen LogP contribution < -0.4 is 10.6 Å². The van der Waals surface area contributed by atoms with Gasteiger partial charge in [0.2, 0.25) is 0 Å². The smallest absolute Gasteiger partial charge is 0.252 e. The molecule has 0 radical (unpaired) electrons. The number of pyridine rings is 1. The van der Waals surface area contributed by atoms with Crippen molar-refractivity contribution in [2.24, 2.45) is 0 Å². The van der Waals surface area contributed by atoms with Gasteiger partial charge >= 0.3 is 0 Å². The molecule has 0 bridgehead atoms. The predicted molar refractivity (Wildman–Crippen MR) is 119 cm³/mol. The Balaban J connectivity index is 1.61. The van der Waals surface area contributed by atoms with Crippen LogP contribution >= 0.6 is 0 Å². The van der Waals surface area contributed by atoms with Crippen molar-refractivity contribution in [1.29, 1.82) is 0 Å². The Morgan fingerprint density at radius 2 is 1.63 bits per heavy atom. The fraction of sp³-hybridized carbons (Fsp3) is 0.458. The molecule has 1 saturated carbocycles. The molecule has 30 heavy (non-hydrogen) atoms. The molecule has 1 fully saturated rings. The second kappa shape index (κ2) is 9.85. The zero-order valence-electron chi connectivity index (χ0n) is 18.3. The van der Waals surface area contributed by atoms with Gasteiger partial charge in [-0.15, -0.1) is 0 Å². The molecule has 1 aliphatic rings.